The van der Waals surface area contributed by atoms with E-state index in [-0.39, 0.29) is 5.91 Å². The summed E-state index contributed by atoms with van der Waals surface area (Å²) >= 11 is 0. The van der Waals surface area contributed by atoms with Crippen LogP contribution in [0.15, 0.2) is 0 Å². The van der Waals surface area contributed by atoms with Crippen molar-refractivity contribution in [2.45, 2.75) is 64.8 Å². The molecule has 0 aromatic carbocycles. The molecule has 0 aliphatic heterocycles. The number of nitrogens with zero attached hydrogens (tertiary/aromatic N) is 1. The number of carbonyl (C=O) groups excluding carboxylic acids is 1. The van der Waals surface area contributed by atoms with E-state index >= 15 is 0 Å². The van der Waals surface area contributed by atoms with Gasteiger partial charge in [0.1, 0.15) is 0 Å². The average molecular weight is 271 g/mol. The van der Waals surface area contributed by atoms with Crippen molar-refractivity contribution in [1.82, 2.24) is 10.2 Å². The van der Waals surface area contributed by atoms with Crippen LogP contribution in [0.1, 0.15) is 59.3 Å². The van der Waals surface area contributed by atoms with Crippen LogP contribution in [0.2, 0.25) is 0 Å². The normalized spacial score (nSPS) is 14.6. The van der Waals surface area contributed by atoms with Gasteiger partial charge in [-0.2, -0.15) is 0 Å². The fourth-order valence-corrected chi connectivity index (χ4v) is 2.29. The molecule has 0 heterocycles. The van der Waals surface area contributed by atoms with Crippen molar-refractivity contribution in [3.8, 4) is 0 Å². The van der Waals surface area contributed by atoms with E-state index in [9.17, 15) is 4.79 Å². The molecule has 0 saturated heterocycles. The monoisotopic (exact) mass is 271 g/mol. The van der Waals surface area contributed by atoms with Crippen LogP contribution in [0.25, 0.3) is 0 Å². The van der Waals surface area contributed by atoms with Crippen molar-refractivity contribution >= 4 is 5.91 Å². The Hall–Kier alpha value is -0.610. The maximum atomic E-state index is 11.5. The van der Waals surface area contributed by atoms with Gasteiger partial charge in [-0.05, 0) is 59.3 Å². The lowest BCUT2D eigenvalue weighted by Gasteiger charge is -2.27. The van der Waals surface area contributed by atoms with E-state index in [1.165, 1.54) is 25.8 Å². The smallest absolute Gasteiger partial charge is 0.237 e. The number of amides is 1. The summed E-state index contributed by atoms with van der Waals surface area (Å²) in [5, 5.41) is 3.20. The van der Waals surface area contributed by atoms with Crippen molar-refractivity contribution in [2.24, 2.45) is 5.73 Å². The number of hydrogen-bond acceptors (Lipinski definition) is 3. The Kier molecular flexibility index (Phi) is 9.88. The molecule has 4 heteroatoms. The van der Waals surface area contributed by atoms with Gasteiger partial charge in [0.25, 0.3) is 0 Å². The molecule has 0 aromatic heterocycles. The first-order valence-corrected chi connectivity index (χ1v) is 7.69. The lowest BCUT2D eigenvalue weighted by molar-refractivity contribution is -0.124. The summed E-state index contributed by atoms with van der Waals surface area (Å²) in [6, 6.07) is 0. The molecule has 1 unspecified atom stereocenters. The fourth-order valence-electron chi connectivity index (χ4n) is 2.29. The van der Waals surface area contributed by atoms with Gasteiger partial charge >= 0.3 is 0 Å². The van der Waals surface area contributed by atoms with E-state index in [4.69, 9.17) is 5.73 Å². The Balaban J connectivity index is 3.79. The summed E-state index contributed by atoms with van der Waals surface area (Å²) in [5.74, 6) is -0.245. The predicted octanol–water partition coefficient (Wildman–Crippen LogP) is 2.13. The van der Waals surface area contributed by atoms with E-state index < -0.39 is 5.54 Å². The molecular formula is C15H33N3O. The molecule has 0 radical (unpaired) electrons. The molecule has 0 aliphatic carbocycles. The van der Waals surface area contributed by atoms with Gasteiger partial charge in [-0.1, -0.05) is 26.7 Å². The van der Waals surface area contributed by atoms with Crippen molar-refractivity contribution in [3.05, 3.63) is 0 Å². The first-order chi connectivity index (χ1) is 8.96. The number of rotatable bonds is 12. The van der Waals surface area contributed by atoms with Crippen LogP contribution in [-0.2, 0) is 4.79 Å². The maximum Gasteiger partial charge on any atom is 0.237 e. The van der Waals surface area contributed by atoms with Crippen molar-refractivity contribution < 1.29 is 4.79 Å². The van der Waals surface area contributed by atoms with Crippen LogP contribution in [0.3, 0.4) is 0 Å². The molecule has 19 heavy (non-hydrogen) atoms. The third-order valence-electron chi connectivity index (χ3n) is 3.72. The number of carbonyl (C=O) groups is 1. The molecule has 0 fully saturated rings. The highest BCUT2D eigenvalue weighted by Gasteiger charge is 2.28. The standard InChI is InChI=1S/C15H33N3O/c1-5-7-9-12-18(4)13-10-8-11-15(3,14(16)19)17-6-2/h17H,5-13H2,1-4H3,(H2,16,19). The molecule has 3 N–H and O–H groups in total. The Labute approximate surface area is 119 Å². The minimum Gasteiger partial charge on any atom is -0.368 e. The molecule has 1 atom stereocenters. The van der Waals surface area contributed by atoms with E-state index in [1.54, 1.807) is 0 Å². The van der Waals surface area contributed by atoms with Gasteiger partial charge in [-0.3, -0.25) is 4.79 Å². The highest BCUT2D eigenvalue weighted by Crippen LogP contribution is 2.13. The summed E-state index contributed by atoms with van der Waals surface area (Å²) in [6.45, 7) is 9.19. The second kappa shape index (κ2) is 10.2. The predicted molar refractivity (Wildman–Crippen MR) is 82.1 cm³/mol. The number of nitrogens with two attached hydrogens (primary N) is 1. The SMILES string of the molecule is CCCCCN(C)CCCCC(C)(NCC)C(N)=O. The first-order valence-electron chi connectivity index (χ1n) is 7.69. The Bertz CT molecular complexity index is 246. The molecule has 0 saturated carbocycles. The Morgan fingerprint density at radius 3 is 2.21 bits per heavy atom. The highest BCUT2D eigenvalue weighted by molar-refractivity contribution is 5.84. The molecule has 0 aliphatic rings. The van der Waals surface area contributed by atoms with Gasteiger partial charge in [-0.25, -0.2) is 0 Å². The maximum absolute atomic E-state index is 11.5. The van der Waals surface area contributed by atoms with Gasteiger partial charge in [0.05, 0.1) is 5.54 Å². The summed E-state index contributed by atoms with van der Waals surface area (Å²) in [7, 11) is 2.17. The average Bonchev–Trinajstić information content (AvgIpc) is 2.35. The van der Waals surface area contributed by atoms with Gasteiger partial charge in [-0.15, -0.1) is 0 Å². The molecule has 0 spiro atoms. The zero-order valence-corrected chi connectivity index (χ0v) is 13.3. The van der Waals surface area contributed by atoms with Crippen LogP contribution < -0.4 is 11.1 Å². The molecule has 0 bridgehead atoms. The van der Waals surface area contributed by atoms with Crippen LogP contribution in [-0.4, -0.2) is 43.0 Å². The minimum atomic E-state index is -0.546. The molecule has 114 valence electrons. The zero-order chi connectivity index (χ0) is 14.7. The Morgan fingerprint density at radius 1 is 1.16 bits per heavy atom. The Morgan fingerprint density at radius 2 is 1.74 bits per heavy atom. The number of unbranched alkanes of at least 4 members (excludes halogenated alkanes) is 3. The first kappa shape index (κ1) is 18.4. The van der Waals surface area contributed by atoms with Crippen molar-refractivity contribution in [3.63, 3.8) is 0 Å². The minimum absolute atomic E-state index is 0.245. The number of primary amides is 1. The van der Waals surface area contributed by atoms with Gasteiger partial charge in [0, 0.05) is 0 Å². The quantitative estimate of drug-likeness (QED) is 0.535. The lowest BCUT2D eigenvalue weighted by atomic mass is 9.94. The highest BCUT2D eigenvalue weighted by atomic mass is 16.1. The van der Waals surface area contributed by atoms with E-state index in [0.29, 0.717) is 0 Å². The van der Waals surface area contributed by atoms with Crippen LogP contribution >= 0.6 is 0 Å². The second-order valence-corrected chi connectivity index (χ2v) is 5.69. The third-order valence-corrected chi connectivity index (χ3v) is 3.72. The van der Waals surface area contributed by atoms with Crippen LogP contribution in [0.4, 0.5) is 0 Å². The van der Waals surface area contributed by atoms with Crippen LogP contribution in [0.5, 0.6) is 0 Å². The van der Waals surface area contributed by atoms with Gasteiger partial charge in [0.15, 0.2) is 0 Å². The van der Waals surface area contributed by atoms with Crippen molar-refractivity contribution in [1.29, 1.82) is 0 Å². The molecule has 1 amide bonds. The number of likely N-dealkylation sites (N-methyl/N-ethyl adjacent to an activating group) is 1. The third kappa shape index (κ3) is 8.22. The summed E-state index contributed by atoms with van der Waals surface area (Å²) in [4.78, 5) is 13.8. The fraction of sp³-hybridized carbons (Fsp3) is 0.933. The number of nitrogens with one attached hydrogen (secondary N) is 1. The largest absolute Gasteiger partial charge is 0.368 e. The molecular weight excluding hydrogens is 238 g/mol. The van der Waals surface area contributed by atoms with E-state index in [1.807, 2.05) is 13.8 Å². The van der Waals surface area contributed by atoms with Crippen molar-refractivity contribution in [2.75, 3.05) is 26.7 Å². The number of hydrogen-bond donors (Lipinski definition) is 2. The van der Waals surface area contributed by atoms with Gasteiger partial charge in [0.2, 0.25) is 5.91 Å². The van der Waals surface area contributed by atoms with E-state index in [2.05, 4.69) is 24.2 Å². The van der Waals surface area contributed by atoms with E-state index in [0.717, 1.165) is 32.4 Å². The summed E-state index contributed by atoms with van der Waals surface area (Å²) in [6.07, 6.45) is 6.84. The summed E-state index contributed by atoms with van der Waals surface area (Å²) < 4.78 is 0. The molecule has 4 nitrogen and oxygen atoms in total. The topological polar surface area (TPSA) is 58.4 Å². The zero-order valence-electron chi connectivity index (χ0n) is 13.3. The molecule has 0 aromatic rings. The summed E-state index contributed by atoms with van der Waals surface area (Å²) in [5.41, 5.74) is 4.92. The van der Waals surface area contributed by atoms with Crippen LogP contribution in [0, 0.1) is 0 Å². The second-order valence-electron chi connectivity index (χ2n) is 5.69. The lowest BCUT2D eigenvalue weighted by Crippen LogP contribution is -2.53. The van der Waals surface area contributed by atoms with Gasteiger partial charge < -0.3 is 16.0 Å². The molecule has 0 rings (SSSR count).